The van der Waals surface area contributed by atoms with Crippen LogP contribution in [0.4, 0.5) is 17.1 Å². The molecular weight excluding hydrogens is 488 g/mol. The summed E-state index contributed by atoms with van der Waals surface area (Å²) in [6.07, 6.45) is 15.0. The highest BCUT2D eigenvalue weighted by Crippen LogP contribution is 2.29. The van der Waals surface area contributed by atoms with Gasteiger partial charge in [-0.1, -0.05) is 66.8 Å². The second kappa shape index (κ2) is 13.0. The SMILES string of the molecule is CN=C1C=CC(=C(/C=C/C=C(c2ccc(N(C)C)cc2)c2ccc(N(C)C)cc2)c2ccc(N(C)C)cc2)C=C1. The smallest absolute Gasteiger partial charge is 0.0571 e. The lowest BCUT2D eigenvalue weighted by atomic mass is 9.94. The van der Waals surface area contributed by atoms with E-state index in [0.717, 1.165) is 16.9 Å². The molecule has 0 amide bonds. The first-order chi connectivity index (χ1) is 19.3. The van der Waals surface area contributed by atoms with Crippen molar-refractivity contribution in [3.8, 4) is 0 Å². The van der Waals surface area contributed by atoms with Crippen LogP contribution >= 0.6 is 0 Å². The van der Waals surface area contributed by atoms with Gasteiger partial charge in [-0.25, -0.2) is 0 Å². The van der Waals surface area contributed by atoms with Gasteiger partial charge >= 0.3 is 0 Å². The molecule has 0 saturated carbocycles. The standard InChI is InChI=1S/C36H40N4/c1-37-31-19-11-27(12-20-31)35(28-13-21-32(22-14-28)38(2)3)9-8-10-36(29-15-23-33(24-16-29)39(4)5)30-17-25-34(26-18-30)40(6)7/h8-26H,1-7H3/b9-8+,35-27?,37-31?. The zero-order valence-electron chi connectivity index (χ0n) is 24.8. The van der Waals surface area contributed by atoms with Gasteiger partial charge in [0.05, 0.1) is 5.71 Å². The van der Waals surface area contributed by atoms with Gasteiger partial charge in [-0.05, 0) is 82.0 Å². The van der Waals surface area contributed by atoms with Crippen molar-refractivity contribution in [3.63, 3.8) is 0 Å². The molecule has 40 heavy (non-hydrogen) atoms. The Hall–Kier alpha value is -4.57. The second-order valence-electron chi connectivity index (χ2n) is 10.4. The van der Waals surface area contributed by atoms with Gasteiger partial charge < -0.3 is 14.7 Å². The number of benzene rings is 3. The number of nitrogens with zero attached hydrogens (tertiary/aromatic N) is 4. The molecule has 0 saturated heterocycles. The minimum atomic E-state index is 0.972. The van der Waals surface area contributed by atoms with Gasteiger partial charge in [0.25, 0.3) is 0 Å². The number of hydrogen-bond donors (Lipinski definition) is 0. The van der Waals surface area contributed by atoms with Gasteiger partial charge in [0.1, 0.15) is 0 Å². The van der Waals surface area contributed by atoms with Crippen molar-refractivity contribution in [2.24, 2.45) is 4.99 Å². The summed E-state index contributed by atoms with van der Waals surface area (Å²) in [6.45, 7) is 0. The first kappa shape index (κ1) is 28.4. The van der Waals surface area contributed by atoms with E-state index in [1.807, 2.05) is 7.05 Å². The molecule has 1 aliphatic carbocycles. The van der Waals surface area contributed by atoms with Crippen molar-refractivity contribution >= 4 is 33.9 Å². The first-order valence-corrected chi connectivity index (χ1v) is 13.6. The van der Waals surface area contributed by atoms with Crippen LogP contribution in [0.5, 0.6) is 0 Å². The van der Waals surface area contributed by atoms with Gasteiger partial charge in [-0.3, -0.25) is 4.99 Å². The van der Waals surface area contributed by atoms with Crippen LogP contribution in [0.3, 0.4) is 0 Å². The van der Waals surface area contributed by atoms with E-state index in [-0.39, 0.29) is 0 Å². The average molecular weight is 529 g/mol. The number of anilines is 3. The van der Waals surface area contributed by atoms with Crippen LogP contribution in [0.1, 0.15) is 16.7 Å². The van der Waals surface area contributed by atoms with E-state index in [0.29, 0.717) is 0 Å². The summed E-state index contributed by atoms with van der Waals surface area (Å²) in [5.41, 5.74) is 11.5. The van der Waals surface area contributed by atoms with Gasteiger partial charge in [-0.15, -0.1) is 0 Å². The predicted octanol–water partition coefficient (Wildman–Crippen LogP) is 7.52. The lowest BCUT2D eigenvalue weighted by Gasteiger charge is -2.16. The van der Waals surface area contributed by atoms with Crippen molar-refractivity contribution in [2.45, 2.75) is 0 Å². The second-order valence-corrected chi connectivity index (χ2v) is 10.4. The Kier molecular flexibility index (Phi) is 9.23. The molecule has 0 radical (unpaired) electrons. The third-order valence-electron chi connectivity index (χ3n) is 7.05. The largest absolute Gasteiger partial charge is 0.378 e. The Morgan fingerprint density at radius 1 is 0.550 bits per heavy atom. The van der Waals surface area contributed by atoms with Gasteiger partial charge in [0, 0.05) is 66.4 Å². The summed E-state index contributed by atoms with van der Waals surface area (Å²) in [5, 5.41) is 0. The Balaban J connectivity index is 1.79. The molecule has 3 aromatic carbocycles. The molecule has 4 nitrogen and oxygen atoms in total. The number of hydrogen-bond acceptors (Lipinski definition) is 4. The zero-order valence-corrected chi connectivity index (χ0v) is 24.8. The monoisotopic (exact) mass is 528 g/mol. The normalized spacial score (nSPS) is 12.5. The lowest BCUT2D eigenvalue weighted by Crippen LogP contribution is -2.08. The Labute approximate surface area is 240 Å². The van der Waals surface area contributed by atoms with Gasteiger partial charge in [0.15, 0.2) is 0 Å². The van der Waals surface area contributed by atoms with Crippen LogP contribution in [-0.4, -0.2) is 55.0 Å². The Bertz CT molecular complexity index is 1400. The topological polar surface area (TPSA) is 22.1 Å². The molecule has 1 aliphatic rings. The molecule has 4 heteroatoms. The molecule has 0 unspecified atom stereocenters. The van der Waals surface area contributed by atoms with Crippen molar-refractivity contribution in [3.05, 3.63) is 138 Å². The van der Waals surface area contributed by atoms with Crippen molar-refractivity contribution in [1.29, 1.82) is 0 Å². The van der Waals surface area contributed by atoms with Gasteiger partial charge in [0.2, 0.25) is 0 Å². The lowest BCUT2D eigenvalue weighted by molar-refractivity contribution is 1.13. The molecule has 0 heterocycles. The summed E-state index contributed by atoms with van der Waals surface area (Å²) in [6, 6.07) is 26.2. The van der Waals surface area contributed by atoms with Gasteiger partial charge in [-0.2, -0.15) is 0 Å². The maximum atomic E-state index is 4.31. The maximum Gasteiger partial charge on any atom is 0.0571 e. The van der Waals surface area contributed by atoms with Crippen LogP contribution < -0.4 is 14.7 Å². The van der Waals surface area contributed by atoms with E-state index in [1.165, 1.54) is 39.3 Å². The fourth-order valence-corrected chi connectivity index (χ4v) is 4.57. The van der Waals surface area contributed by atoms with E-state index in [9.17, 15) is 0 Å². The first-order valence-electron chi connectivity index (χ1n) is 13.6. The third-order valence-corrected chi connectivity index (χ3v) is 7.05. The zero-order chi connectivity index (χ0) is 28.6. The van der Waals surface area contributed by atoms with E-state index >= 15 is 0 Å². The molecule has 0 spiro atoms. The molecular formula is C36H40N4. The quantitative estimate of drug-likeness (QED) is 0.282. The highest BCUT2D eigenvalue weighted by molar-refractivity contribution is 6.06. The van der Waals surface area contributed by atoms with Crippen LogP contribution in [0, 0.1) is 0 Å². The maximum absolute atomic E-state index is 4.31. The van der Waals surface area contributed by atoms with E-state index in [2.05, 4.69) is 177 Å². The predicted molar refractivity (Wildman–Crippen MR) is 177 cm³/mol. The average Bonchev–Trinajstić information content (AvgIpc) is 2.97. The molecule has 0 aromatic heterocycles. The highest BCUT2D eigenvalue weighted by atomic mass is 15.1. The molecule has 204 valence electrons. The molecule has 0 atom stereocenters. The molecule has 3 aromatic rings. The summed E-state index contributed by atoms with van der Waals surface area (Å²) in [4.78, 5) is 10.7. The highest BCUT2D eigenvalue weighted by Gasteiger charge is 2.09. The van der Waals surface area contributed by atoms with E-state index in [1.54, 1.807) is 0 Å². The van der Waals surface area contributed by atoms with Crippen LogP contribution in [0.25, 0.3) is 11.1 Å². The summed E-state index contributed by atoms with van der Waals surface area (Å²) >= 11 is 0. The van der Waals surface area contributed by atoms with Crippen molar-refractivity contribution in [1.82, 2.24) is 0 Å². The minimum Gasteiger partial charge on any atom is -0.378 e. The third kappa shape index (κ3) is 6.89. The van der Waals surface area contributed by atoms with Crippen molar-refractivity contribution in [2.75, 3.05) is 64.0 Å². The van der Waals surface area contributed by atoms with Crippen LogP contribution in [-0.2, 0) is 0 Å². The van der Waals surface area contributed by atoms with Crippen LogP contribution in [0.15, 0.2) is 126 Å². The molecule has 0 bridgehead atoms. The summed E-state index contributed by atoms with van der Waals surface area (Å²) < 4.78 is 0. The molecule has 0 aliphatic heterocycles. The minimum absolute atomic E-state index is 0.972. The fourth-order valence-electron chi connectivity index (χ4n) is 4.57. The summed E-state index contributed by atoms with van der Waals surface area (Å²) in [5.74, 6) is 0. The Morgan fingerprint density at radius 3 is 1.32 bits per heavy atom. The number of aliphatic imine (C=N–C) groups is 1. The van der Waals surface area contributed by atoms with Crippen LogP contribution in [0.2, 0.25) is 0 Å². The number of allylic oxidation sites excluding steroid dienone is 9. The molecule has 0 fully saturated rings. The fraction of sp³-hybridized carbons (Fsp3) is 0.194. The molecule has 4 rings (SSSR count). The summed E-state index contributed by atoms with van der Waals surface area (Å²) in [7, 11) is 14.2. The number of rotatable bonds is 8. The molecule has 0 N–H and O–H groups in total. The van der Waals surface area contributed by atoms with E-state index in [4.69, 9.17) is 0 Å². The Morgan fingerprint density at radius 2 is 0.950 bits per heavy atom. The van der Waals surface area contributed by atoms with E-state index < -0.39 is 0 Å². The van der Waals surface area contributed by atoms with Crippen molar-refractivity contribution < 1.29 is 0 Å².